The Labute approximate surface area is 109 Å². The van der Waals surface area contributed by atoms with Crippen molar-refractivity contribution >= 4 is 11.6 Å². The van der Waals surface area contributed by atoms with E-state index in [0.29, 0.717) is 17.3 Å². The van der Waals surface area contributed by atoms with Crippen LogP contribution >= 0.6 is 11.6 Å². The Hall–Kier alpha value is -1.46. The minimum absolute atomic E-state index is 0.154. The summed E-state index contributed by atoms with van der Waals surface area (Å²) in [4.78, 5) is 0. The highest BCUT2D eigenvalue weighted by molar-refractivity contribution is 6.30. The summed E-state index contributed by atoms with van der Waals surface area (Å²) in [5.74, 6) is 0.202. The minimum atomic E-state index is -0.429. The monoisotopic (exact) mass is 269 g/mol. The van der Waals surface area contributed by atoms with Gasteiger partial charge in [-0.05, 0) is 24.7 Å². The first-order chi connectivity index (χ1) is 8.70. The summed E-state index contributed by atoms with van der Waals surface area (Å²) in [5, 5.41) is 11.3. The predicted molar refractivity (Wildman–Crippen MR) is 66.9 cm³/mol. The van der Waals surface area contributed by atoms with E-state index in [9.17, 15) is 4.39 Å². The topological polar surface area (TPSA) is 51.0 Å². The molecule has 1 aromatic heterocycles. The molecule has 2 aromatic rings. The van der Waals surface area contributed by atoms with E-state index in [4.69, 9.17) is 16.0 Å². The van der Waals surface area contributed by atoms with E-state index in [1.54, 1.807) is 0 Å². The highest BCUT2D eigenvalue weighted by Gasteiger charge is 2.13. The smallest absolute Gasteiger partial charge is 0.250 e. The lowest BCUT2D eigenvalue weighted by atomic mass is 10.2. The van der Waals surface area contributed by atoms with Crippen LogP contribution in [0.3, 0.4) is 0 Å². The number of nitrogens with one attached hydrogen (secondary N) is 1. The molecular formula is C12H13ClFN3O. The molecule has 0 fully saturated rings. The van der Waals surface area contributed by atoms with Gasteiger partial charge in [-0.1, -0.05) is 18.5 Å². The van der Waals surface area contributed by atoms with Gasteiger partial charge in [0.05, 0.1) is 5.56 Å². The standard InChI is InChI=1S/C12H13ClFN3O/c1-2-15-6-5-11-16-17-12(18-11)9-7-8(13)3-4-10(9)14/h3-4,7,15H,2,5-6H2,1H3. The lowest BCUT2D eigenvalue weighted by Crippen LogP contribution is -2.16. The van der Waals surface area contributed by atoms with E-state index in [1.807, 2.05) is 6.92 Å². The van der Waals surface area contributed by atoms with Crippen molar-refractivity contribution in [1.82, 2.24) is 15.5 Å². The van der Waals surface area contributed by atoms with Crippen LogP contribution in [0.2, 0.25) is 5.02 Å². The first-order valence-corrected chi connectivity index (χ1v) is 6.07. The zero-order chi connectivity index (χ0) is 13.0. The molecule has 0 amide bonds. The van der Waals surface area contributed by atoms with Gasteiger partial charge in [0, 0.05) is 18.0 Å². The largest absolute Gasteiger partial charge is 0.421 e. The summed E-state index contributed by atoms with van der Waals surface area (Å²) in [7, 11) is 0. The van der Waals surface area contributed by atoms with Crippen molar-refractivity contribution < 1.29 is 8.81 Å². The van der Waals surface area contributed by atoms with Gasteiger partial charge in [0.15, 0.2) is 0 Å². The summed E-state index contributed by atoms with van der Waals surface area (Å²) in [6, 6.07) is 4.22. The van der Waals surface area contributed by atoms with Gasteiger partial charge >= 0.3 is 0 Å². The predicted octanol–water partition coefficient (Wildman–Crippen LogP) is 2.68. The number of halogens is 2. The fraction of sp³-hybridized carbons (Fsp3) is 0.333. The number of nitrogens with zero attached hydrogens (tertiary/aromatic N) is 2. The lowest BCUT2D eigenvalue weighted by molar-refractivity contribution is 0.493. The van der Waals surface area contributed by atoms with Crippen molar-refractivity contribution in [3.05, 3.63) is 34.9 Å². The molecule has 1 aromatic carbocycles. The van der Waals surface area contributed by atoms with Crippen LogP contribution in [0.25, 0.3) is 11.5 Å². The summed E-state index contributed by atoms with van der Waals surface area (Å²) < 4.78 is 19.0. The molecule has 0 atom stereocenters. The number of aromatic nitrogens is 2. The van der Waals surface area contributed by atoms with Crippen LogP contribution in [0.15, 0.2) is 22.6 Å². The molecule has 0 spiro atoms. The normalized spacial score (nSPS) is 10.8. The summed E-state index contributed by atoms with van der Waals surface area (Å²) in [5.41, 5.74) is 0.227. The molecule has 96 valence electrons. The number of likely N-dealkylation sites (N-methyl/N-ethyl adjacent to an activating group) is 1. The van der Waals surface area contributed by atoms with Gasteiger partial charge < -0.3 is 9.73 Å². The average Bonchev–Trinajstić information content (AvgIpc) is 2.81. The van der Waals surface area contributed by atoms with E-state index in [2.05, 4.69) is 15.5 Å². The van der Waals surface area contributed by atoms with Crippen LogP contribution in [0.5, 0.6) is 0 Å². The summed E-state index contributed by atoms with van der Waals surface area (Å²) in [6.07, 6.45) is 0.614. The van der Waals surface area contributed by atoms with Gasteiger partial charge in [0.2, 0.25) is 5.89 Å². The van der Waals surface area contributed by atoms with E-state index in [1.165, 1.54) is 18.2 Å². The quantitative estimate of drug-likeness (QED) is 0.848. The van der Waals surface area contributed by atoms with Crippen LogP contribution in [0.1, 0.15) is 12.8 Å². The second kappa shape index (κ2) is 5.93. The van der Waals surface area contributed by atoms with Gasteiger partial charge in [-0.25, -0.2) is 4.39 Å². The number of hydrogen-bond acceptors (Lipinski definition) is 4. The molecule has 0 unspecified atom stereocenters. The molecule has 6 heteroatoms. The van der Waals surface area contributed by atoms with Crippen molar-refractivity contribution in [2.24, 2.45) is 0 Å². The van der Waals surface area contributed by atoms with Crippen molar-refractivity contribution in [2.75, 3.05) is 13.1 Å². The van der Waals surface area contributed by atoms with Gasteiger partial charge in [-0.15, -0.1) is 10.2 Å². The van der Waals surface area contributed by atoms with Crippen LogP contribution in [-0.4, -0.2) is 23.3 Å². The lowest BCUT2D eigenvalue weighted by Gasteiger charge is -1.98. The van der Waals surface area contributed by atoms with Crippen LogP contribution in [0.4, 0.5) is 4.39 Å². The maximum atomic E-state index is 13.6. The third kappa shape index (κ3) is 3.05. The number of benzene rings is 1. The van der Waals surface area contributed by atoms with E-state index in [0.717, 1.165) is 13.1 Å². The second-order valence-electron chi connectivity index (χ2n) is 3.73. The van der Waals surface area contributed by atoms with Crippen LogP contribution in [0, 0.1) is 5.82 Å². The first-order valence-electron chi connectivity index (χ1n) is 5.69. The minimum Gasteiger partial charge on any atom is -0.421 e. The third-order valence-electron chi connectivity index (χ3n) is 2.39. The average molecular weight is 270 g/mol. The molecule has 4 nitrogen and oxygen atoms in total. The van der Waals surface area contributed by atoms with Crippen molar-refractivity contribution in [3.8, 4) is 11.5 Å². The Morgan fingerprint density at radius 2 is 2.22 bits per heavy atom. The van der Waals surface area contributed by atoms with Crippen molar-refractivity contribution in [3.63, 3.8) is 0 Å². The molecule has 0 saturated heterocycles. The maximum absolute atomic E-state index is 13.6. The molecule has 0 radical (unpaired) electrons. The molecule has 0 aliphatic carbocycles. The van der Waals surface area contributed by atoms with Gasteiger partial charge in [0.25, 0.3) is 5.89 Å². The van der Waals surface area contributed by atoms with Crippen LogP contribution < -0.4 is 5.32 Å². The third-order valence-corrected chi connectivity index (χ3v) is 2.63. The Morgan fingerprint density at radius 1 is 1.39 bits per heavy atom. The molecule has 0 saturated carbocycles. The van der Waals surface area contributed by atoms with Gasteiger partial charge in [0.1, 0.15) is 5.82 Å². The summed E-state index contributed by atoms with van der Waals surface area (Å²) in [6.45, 7) is 3.64. The van der Waals surface area contributed by atoms with Crippen LogP contribution in [-0.2, 0) is 6.42 Å². The van der Waals surface area contributed by atoms with Crippen molar-refractivity contribution in [1.29, 1.82) is 0 Å². The molecule has 18 heavy (non-hydrogen) atoms. The van der Waals surface area contributed by atoms with Gasteiger partial charge in [-0.3, -0.25) is 0 Å². The van der Waals surface area contributed by atoms with E-state index in [-0.39, 0.29) is 11.5 Å². The van der Waals surface area contributed by atoms with Crippen molar-refractivity contribution in [2.45, 2.75) is 13.3 Å². The fourth-order valence-corrected chi connectivity index (χ4v) is 1.67. The molecule has 2 rings (SSSR count). The summed E-state index contributed by atoms with van der Waals surface area (Å²) >= 11 is 5.81. The molecule has 1 heterocycles. The molecule has 1 N–H and O–H groups in total. The highest BCUT2D eigenvalue weighted by Crippen LogP contribution is 2.24. The first kappa shape index (κ1) is 13.0. The second-order valence-corrected chi connectivity index (χ2v) is 4.17. The molecule has 0 aliphatic rings. The fourth-order valence-electron chi connectivity index (χ4n) is 1.50. The van der Waals surface area contributed by atoms with E-state index >= 15 is 0 Å². The SMILES string of the molecule is CCNCCc1nnc(-c2cc(Cl)ccc2F)o1. The van der Waals surface area contributed by atoms with Gasteiger partial charge in [-0.2, -0.15) is 0 Å². The number of rotatable bonds is 5. The molecule has 0 aliphatic heterocycles. The Bertz CT molecular complexity index is 530. The Balaban J connectivity index is 2.16. The highest BCUT2D eigenvalue weighted by atomic mass is 35.5. The van der Waals surface area contributed by atoms with E-state index < -0.39 is 5.82 Å². The Morgan fingerprint density at radius 3 is 3.00 bits per heavy atom. The molecular weight excluding hydrogens is 257 g/mol. The number of hydrogen-bond donors (Lipinski definition) is 1. The molecule has 0 bridgehead atoms. The Kier molecular flexibility index (Phi) is 4.28. The zero-order valence-electron chi connectivity index (χ0n) is 9.91. The zero-order valence-corrected chi connectivity index (χ0v) is 10.7. The maximum Gasteiger partial charge on any atom is 0.250 e.